The van der Waals surface area contributed by atoms with Gasteiger partial charge in [0.05, 0.1) is 5.69 Å². The lowest BCUT2D eigenvalue weighted by molar-refractivity contribution is 0.0943. The van der Waals surface area contributed by atoms with Gasteiger partial charge in [0.25, 0.3) is 11.8 Å². The topological polar surface area (TPSA) is 73.5 Å². The second-order valence-corrected chi connectivity index (χ2v) is 6.45. The van der Waals surface area contributed by atoms with E-state index in [1.807, 2.05) is 0 Å². The van der Waals surface area contributed by atoms with Gasteiger partial charge in [0.1, 0.15) is 5.56 Å². The highest BCUT2D eigenvalue weighted by Gasteiger charge is 2.22. The Morgan fingerprint density at radius 2 is 1.71 bits per heavy atom. The van der Waals surface area contributed by atoms with E-state index in [1.165, 1.54) is 6.07 Å². The summed E-state index contributed by atoms with van der Waals surface area (Å²) in [5, 5.41) is 8.33. The van der Waals surface area contributed by atoms with Crippen LogP contribution in [0.3, 0.4) is 0 Å². The molecule has 3 N–H and O–H groups in total. The Morgan fingerprint density at radius 3 is 2.43 bits per heavy atom. The zero-order valence-electron chi connectivity index (χ0n) is 15.3. The number of carbonyl (C=O) groups excluding carboxylic acids is 2. The Labute approximate surface area is 161 Å². The number of amides is 2. The van der Waals surface area contributed by atoms with Crippen molar-refractivity contribution in [1.82, 2.24) is 15.5 Å². The molecule has 0 radical (unpaired) electrons. The molecular formula is C20H22F2N4O2. The summed E-state index contributed by atoms with van der Waals surface area (Å²) < 4.78 is 28.1. The minimum Gasteiger partial charge on any atom is -0.351 e. The number of hydrogen-bond donors (Lipinski definition) is 3. The summed E-state index contributed by atoms with van der Waals surface area (Å²) in [6.07, 6.45) is 0. The van der Waals surface area contributed by atoms with Crippen LogP contribution in [-0.4, -0.2) is 56.0 Å². The zero-order valence-corrected chi connectivity index (χ0v) is 15.3. The summed E-state index contributed by atoms with van der Waals surface area (Å²) >= 11 is 0. The van der Waals surface area contributed by atoms with Crippen molar-refractivity contribution in [1.29, 1.82) is 0 Å². The Morgan fingerprint density at radius 1 is 1.00 bits per heavy atom. The van der Waals surface area contributed by atoms with Gasteiger partial charge in [-0.15, -0.1) is 0 Å². The summed E-state index contributed by atoms with van der Waals surface area (Å²) in [6, 6.07) is 10.4. The molecule has 148 valence electrons. The Kier molecular flexibility index (Phi) is 6.67. The second kappa shape index (κ2) is 9.38. The average Bonchev–Trinajstić information content (AvgIpc) is 2.72. The monoisotopic (exact) mass is 388 g/mol. The predicted molar refractivity (Wildman–Crippen MR) is 102 cm³/mol. The summed E-state index contributed by atoms with van der Waals surface area (Å²) in [4.78, 5) is 27.0. The molecule has 2 aromatic carbocycles. The van der Waals surface area contributed by atoms with Crippen LogP contribution in [0.4, 0.5) is 14.5 Å². The lowest BCUT2D eigenvalue weighted by Crippen LogP contribution is -2.46. The van der Waals surface area contributed by atoms with E-state index in [-0.39, 0.29) is 5.69 Å². The Balaban J connectivity index is 1.70. The van der Waals surface area contributed by atoms with Gasteiger partial charge in [-0.3, -0.25) is 14.5 Å². The second-order valence-electron chi connectivity index (χ2n) is 6.45. The van der Waals surface area contributed by atoms with E-state index in [9.17, 15) is 18.4 Å². The van der Waals surface area contributed by atoms with Crippen molar-refractivity contribution >= 4 is 17.5 Å². The van der Waals surface area contributed by atoms with Crippen molar-refractivity contribution < 1.29 is 18.4 Å². The van der Waals surface area contributed by atoms with Crippen molar-refractivity contribution in [3.8, 4) is 0 Å². The van der Waals surface area contributed by atoms with Crippen LogP contribution in [-0.2, 0) is 0 Å². The first-order valence-corrected chi connectivity index (χ1v) is 9.12. The van der Waals surface area contributed by atoms with Crippen molar-refractivity contribution in [3.63, 3.8) is 0 Å². The van der Waals surface area contributed by atoms with Crippen LogP contribution < -0.4 is 16.0 Å². The summed E-state index contributed by atoms with van der Waals surface area (Å²) in [5.74, 6) is -3.72. The van der Waals surface area contributed by atoms with Gasteiger partial charge < -0.3 is 16.0 Å². The van der Waals surface area contributed by atoms with Crippen LogP contribution in [0.15, 0.2) is 42.5 Å². The average molecular weight is 388 g/mol. The summed E-state index contributed by atoms with van der Waals surface area (Å²) in [6.45, 7) is 4.38. The molecule has 1 heterocycles. The third kappa shape index (κ3) is 4.90. The molecule has 8 heteroatoms. The lowest BCUT2D eigenvalue weighted by Gasteiger charge is -2.27. The molecule has 1 aliphatic rings. The first-order chi connectivity index (χ1) is 13.6. The van der Waals surface area contributed by atoms with E-state index in [0.717, 1.165) is 32.2 Å². The predicted octanol–water partition coefficient (Wildman–Crippen LogP) is 1.85. The van der Waals surface area contributed by atoms with Gasteiger partial charge in [0, 0.05) is 44.8 Å². The molecule has 3 rings (SSSR count). The van der Waals surface area contributed by atoms with Gasteiger partial charge in [-0.2, -0.15) is 0 Å². The largest absolute Gasteiger partial charge is 0.351 e. The van der Waals surface area contributed by atoms with E-state index in [4.69, 9.17) is 0 Å². The van der Waals surface area contributed by atoms with Gasteiger partial charge >= 0.3 is 0 Å². The van der Waals surface area contributed by atoms with Crippen molar-refractivity contribution in [2.24, 2.45) is 0 Å². The number of benzene rings is 2. The SMILES string of the molecule is O=C(Nc1ccc(F)c(F)c1C(=O)NCCN1CCNCC1)c1ccccc1. The van der Waals surface area contributed by atoms with Crippen molar-refractivity contribution in [3.05, 3.63) is 65.2 Å². The number of hydrogen-bond acceptors (Lipinski definition) is 4. The van der Waals surface area contributed by atoms with Crippen LogP contribution in [0.25, 0.3) is 0 Å². The summed E-state index contributed by atoms with van der Waals surface area (Å²) in [5.41, 5.74) is -0.241. The highest BCUT2D eigenvalue weighted by Crippen LogP contribution is 2.22. The molecule has 28 heavy (non-hydrogen) atoms. The van der Waals surface area contributed by atoms with Crippen LogP contribution in [0.1, 0.15) is 20.7 Å². The van der Waals surface area contributed by atoms with Crippen LogP contribution >= 0.6 is 0 Å². The third-order valence-corrected chi connectivity index (χ3v) is 4.53. The fourth-order valence-corrected chi connectivity index (χ4v) is 3.01. The highest BCUT2D eigenvalue weighted by atomic mass is 19.2. The Hall–Kier alpha value is -2.84. The zero-order chi connectivity index (χ0) is 19.9. The molecule has 2 amide bonds. The molecule has 0 bridgehead atoms. The van der Waals surface area contributed by atoms with Crippen molar-refractivity contribution in [2.75, 3.05) is 44.6 Å². The summed E-state index contributed by atoms with van der Waals surface area (Å²) in [7, 11) is 0. The molecule has 1 aliphatic heterocycles. The minimum absolute atomic E-state index is 0.0765. The van der Waals surface area contributed by atoms with Gasteiger partial charge in [-0.1, -0.05) is 18.2 Å². The van der Waals surface area contributed by atoms with Crippen LogP contribution in [0, 0.1) is 11.6 Å². The van der Waals surface area contributed by atoms with Gasteiger partial charge in [0.15, 0.2) is 11.6 Å². The van der Waals surface area contributed by atoms with E-state index < -0.39 is 29.0 Å². The fraction of sp³-hybridized carbons (Fsp3) is 0.300. The molecule has 0 aromatic heterocycles. The molecule has 1 fully saturated rings. The fourth-order valence-electron chi connectivity index (χ4n) is 3.01. The quantitative estimate of drug-likeness (QED) is 0.706. The minimum atomic E-state index is -1.29. The van der Waals surface area contributed by atoms with E-state index in [0.29, 0.717) is 18.7 Å². The molecule has 0 unspecified atom stereocenters. The normalized spacial score (nSPS) is 14.5. The van der Waals surface area contributed by atoms with E-state index in [1.54, 1.807) is 30.3 Å². The molecule has 0 saturated carbocycles. The van der Waals surface area contributed by atoms with Gasteiger partial charge in [-0.05, 0) is 24.3 Å². The first kappa shape index (κ1) is 19.9. The van der Waals surface area contributed by atoms with E-state index >= 15 is 0 Å². The molecule has 1 saturated heterocycles. The maximum absolute atomic E-state index is 14.3. The number of carbonyl (C=O) groups is 2. The highest BCUT2D eigenvalue weighted by molar-refractivity contribution is 6.09. The lowest BCUT2D eigenvalue weighted by atomic mass is 10.1. The van der Waals surface area contributed by atoms with Crippen molar-refractivity contribution in [2.45, 2.75) is 0 Å². The number of halogens is 2. The standard InChI is InChI=1S/C20H22F2N4O2/c21-15-6-7-16(25-19(27)14-4-2-1-3-5-14)17(18(15)22)20(28)24-10-13-26-11-8-23-9-12-26/h1-7,23H,8-13H2,(H,24,28)(H,25,27). The smallest absolute Gasteiger partial charge is 0.256 e. The van der Waals surface area contributed by atoms with Gasteiger partial charge in [0.2, 0.25) is 0 Å². The van der Waals surface area contributed by atoms with Gasteiger partial charge in [-0.25, -0.2) is 8.78 Å². The number of rotatable bonds is 6. The number of piperazine rings is 1. The molecule has 6 nitrogen and oxygen atoms in total. The number of anilines is 1. The Bertz CT molecular complexity index is 840. The molecule has 0 spiro atoms. The molecular weight excluding hydrogens is 366 g/mol. The van der Waals surface area contributed by atoms with Crippen LogP contribution in [0.5, 0.6) is 0 Å². The van der Waals surface area contributed by atoms with E-state index in [2.05, 4.69) is 20.9 Å². The molecule has 0 aliphatic carbocycles. The van der Waals surface area contributed by atoms with Crippen LogP contribution in [0.2, 0.25) is 0 Å². The molecule has 2 aromatic rings. The third-order valence-electron chi connectivity index (χ3n) is 4.53. The number of nitrogens with zero attached hydrogens (tertiary/aromatic N) is 1. The molecule has 0 atom stereocenters. The number of nitrogens with one attached hydrogen (secondary N) is 3. The first-order valence-electron chi connectivity index (χ1n) is 9.12. The maximum Gasteiger partial charge on any atom is 0.256 e. The maximum atomic E-state index is 14.3.